The van der Waals surface area contributed by atoms with Gasteiger partial charge in [0.15, 0.2) is 0 Å². The maximum absolute atomic E-state index is 12.4. The van der Waals surface area contributed by atoms with Gasteiger partial charge in [0.1, 0.15) is 0 Å². The molecular weight excluding hydrogens is 311 g/mol. The van der Waals surface area contributed by atoms with Gasteiger partial charge in [-0.2, -0.15) is 39.5 Å². The highest BCUT2D eigenvalue weighted by atomic mass is 32.2. The molecule has 0 spiro atoms. The molecule has 13 heteroatoms. The van der Waals surface area contributed by atoms with E-state index in [9.17, 15) is 47.9 Å². The molecule has 108 valence electrons. The van der Waals surface area contributed by atoms with Crippen LogP contribution in [0.5, 0.6) is 0 Å². The van der Waals surface area contributed by atoms with E-state index in [0.29, 0.717) is 0 Å². The predicted octanol–water partition coefficient (Wildman–Crippen LogP) is 2.47. The van der Waals surface area contributed by atoms with Crippen LogP contribution in [0, 0.1) is 0 Å². The molecule has 0 heterocycles. The number of thiol groups is 1. The van der Waals surface area contributed by atoms with Crippen molar-refractivity contribution in [2.24, 2.45) is 0 Å². The van der Waals surface area contributed by atoms with Crippen LogP contribution in [-0.4, -0.2) is 25.7 Å². The zero-order valence-corrected chi connectivity index (χ0v) is 8.47. The van der Waals surface area contributed by atoms with Crippen molar-refractivity contribution in [1.82, 2.24) is 0 Å². The van der Waals surface area contributed by atoms with Crippen LogP contribution in [0.2, 0.25) is 0 Å². The lowest BCUT2D eigenvalue weighted by atomic mass is 10.3. The third-order valence-electron chi connectivity index (χ3n) is 1.34. The fourth-order valence-corrected chi connectivity index (χ4v) is 0.864. The van der Waals surface area contributed by atoms with Crippen molar-refractivity contribution >= 4 is 10.7 Å². The molecule has 0 N–H and O–H groups in total. The van der Waals surface area contributed by atoms with Gasteiger partial charge in [0.05, 0.1) is 0 Å². The standard InChI is InChI=1S/C5HF9O3S/c6-1(7)2(8)17-4(11,12)3(9,10)5(13,14)18(15)16/h18H. The summed E-state index contributed by atoms with van der Waals surface area (Å²) in [5, 5.41) is -6.33. The smallest absolute Gasteiger partial charge is 0.397 e. The number of hydrogen-bond donors (Lipinski definition) is 1. The van der Waals surface area contributed by atoms with Gasteiger partial charge in [0.25, 0.3) is 0 Å². The Labute approximate surface area is 93.8 Å². The van der Waals surface area contributed by atoms with E-state index in [1.807, 2.05) is 4.74 Å². The highest BCUT2D eigenvalue weighted by molar-refractivity contribution is 7.73. The monoisotopic (exact) mass is 312 g/mol. The lowest BCUT2D eigenvalue weighted by molar-refractivity contribution is -0.375. The summed E-state index contributed by atoms with van der Waals surface area (Å²) in [6.45, 7) is 0. The number of ether oxygens (including phenoxy) is 1. The lowest BCUT2D eigenvalue weighted by Crippen LogP contribution is -2.55. The molecule has 0 aromatic heterocycles. The van der Waals surface area contributed by atoms with Gasteiger partial charge in [0, 0.05) is 0 Å². The number of rotatable bonds is 5. The zero-order valence-electron chi connectivity index (χ0n) is 7.57. The Morgan fingerprint density at radius 3 is 1.56 bits per heavy atom. The van der Waals surface area contributed by atoms with E-state index in [1.54, 1.807) is 0 Å². The molecule has 0 rings (SSSR count). The Kier molecular flexibility index (Phi) is 4.55. The van der Waals surface area contributed by atoms with E-state index in [-0.39, 0.29) is 0 Å². The topological polar surface area (TPSA) is 43.4 Å². The van der Waals surface area contributed by atoms with Crippen LogP contribution in [0.3, 0.4) is 0 Å². The Morgan fingerprint density at radius 1 is 0.889 bits per heavy atom. The van der Waals surface area contributed by atoms with Gasteiger partial charge in [-0.05, 0) is 0 Å². The average Bonchev–Trinajstić information content (AvgIpc) is 2.15. The third kappa shape index (κ3) is 2.81. The molecule has 3 nitrogen and oxygen atoms in total. The molecule has 0 fully saturated rings. The molecule has 0 amide bonds. The van der Waals surface area contributed by atoms with E-state index < -0.39 is 40.1 Å². The summed E-state index contributed by atoms with van der Waals surface area (Å²) in [6.07, 6.45) is -10.1. The van der Waals surface area contributed by atoms with E-state index in [4.69, 9.17) is 0 Å². The molecule has 0 bridgehead atoms. The lowest BCUT2D eigenvalue weighted by Gasteiger charge is -2.28. The molecule has 0 aromatic carbocycles. The number of halogens is 9. The fraction of sp³-hybridized carbons (Fsp3) is 0.600. The van der Waals surface area contributed by atoms with Gasteiger partial charge < -0.3 is 4.74 Å². The quantitative estimate of drug-likeness (QED) is 0.482. The first kappa shape index (κ1) is 16.9. The minimum absolute atomic E-state index is 2.03. The van der Waals surface area contributed by atoms with Crippen molar-refractivity contribution in [3.8, 4) is 0 Å². The Balaban J connectivity index is 5.53. The highest BCUT2D eigenvalue weighted by Gasteiger charge is 2.76. The van der Waals surface area contributed by atoms with Crippen LogP contribution >= 0.6 is 0 Å². The molecular formula is C5HF9O3S. The Bertz CT molecular complexity index is 414. The van der Waals surface area contributed by atoms with Crippen molar-refractivity contribution in [1.29, 1.82) is 0 Å². The molecule has 18 heavy (non-hydrogen) atoms. The third-order valence-corrected chi connectivity index (χ3v) is 2.08. The molecule has 0 saturated carbocycles. The first-order chi connectivity index (χ1) is 7.77. The van der Waals surface area contributed by atoms with Crippen molar-refractivity contribution < 1.29 is 52.7 Å². The second-order valence-corrected chi connectivity index (χ2v) is 3.60. The maximum atomic E-state index is 12.4. The fourth-order valence-electron chi connectivity index (χ4n) is 0.505. The molecule has 0 atom stereocenters. The van der Waals surface area contributed by atoms with Gasteiger partial charge in [-0.25, -0.2) is 8.42 Å². The number of alkyl halides is 6. The van der Waals surface area contributed by atoms with Gasteiger partial charge in [-0.15, -0.1) is 0 Å². The second-order valence-electron chi connectivity index (χ2n) is 2.53. The van der Waals surface area contributed by atoms with Gasteiger partial charge in [0.2, 0.25) is 10.7 Å². The van der Waals surface area contributed by atoms with Gasteiger partial charge >= 0.3 is 29.4 Å². The van der Waals surface area contributed by atoms with E-state index >= 15 is 0 Å². The Hall–Kier alpha value is -1.14. The van der Waals surface area contributed by atoms with Crippen molar-refractivity contribution in [3.05, 3.63) is 12.1 Å². The van der Waals surface area contributed by atoms with E-state index in [2.05, 4.69) is 0 Å². The minimum atomic E-state index is -6.76. The van der Waals surface area contributed by atoms with Crippen LogP contribution in [-0.2, 0) is 15.4 Å². The molecule has 0 aliphatic carbocycles. The summed E-state index contributed by atoms with van der Waals surface area (Å²) in [6, 6.07) is -3.54. The van der Waals surface area contributed by atoms with Crippen LogP contribution in [0.15, 0.2) is 12.1 Å². The van der Waals surface area contributed by atoms with E-state index in [1.165, 1.54) is 0 Å². The first-order valence-corrected chi connectivity index (χ1v) is 4.63. The highest BCUT2D eigenvalue weighted by Crippen LogP contribution is 2.47. The molecule has 0 unspecified atom stereocenters. The van der Waals surface area contributed by atoms with Crippen LogP contribution in [0.25, 0.3) is 0 Å². The average molecular weight is 312 g/mol. The molecule has 0 radical (unpaired) electrons. The summed E-state index contributed by atoms with van der Waals surface area (Å²) >= 11 is 0. The van der Waals surface area contributed by atoms with Gasteiger partial charge in [-0.1, -0.05) is 0 Å². The molecule has 0 saturated heterocycles. The van der Waals surface area contributed by atoms with Crippen molar-refractivity contribution in [2.75, 3.05) is 0 Å². The predicted molar refractivity (Wildman–Crippen MR) is 36.6 cm³/mol. The zero-order chi connectivity index (χ0) is 14.9. The SMILES string of the molecule is O=[SH](=O)C(F)(F)C(F)(F)C(F)(F)OC(F)=C(F)F. The largest absolute Gasteiger partial charge is 0.473 e. The molecule has 0 aromatic rings. The van der Waals surface area contributed by atoms with E-state index in [0.717, 1.165) is 0 Å². The molecule has 0 aliphatic heterocycles. The molecule has 0 aliphatic rings. The van der Waals surface area contributed by atoms with Crippen molar-refractivity contribution in [3.63, 3.8) is 0 Å². The normalized spacial score (nSPS) is 13.7. The first-order valence-electron chi connectivity index (χ1n) is 3.45. The van der Waals surface area contributed by atoms with Crippen LogP contribution < -0.4 is 0 Å². The summed E-state index contributed by atoms with van der Waals surface area (Å²) in [4.78, 5) is 0. The van der Waals surface area contributed by atoms with Crippen LogP contribution in [0.1, 0.15) is 0 Å². The summed E-state index contributed by atoms with van der Waals surface area (Å²) in [5.74, 6) is -6.76. The summed E-state index contributed by atoms with van der Waals surface area (Å²) in [5.41, 5.74) is 0. The summed E-state index contributed by atoms with van der Waals surface area (Å²) < 4.78 is 130. The Morgan fingerprint density at radius 2 is 1.28 bits per heavy atom. The minimum Gasteiger partial charge on any atom is -0.397 e. The maximum Gasteiger partial charge on any atom is 0.473 e. The number of hydrogen-bond acceptors (Lipinski definition) is 3. The van der Waals surface area contributed by atoms with Gasteiger partial charge in [-0.3, -0.25) is 0 Å². The second kappa shape index (κ2) is 4.85. The van der Waals surface area contributed by atoms with Crippen molar-refractivity contribution in [2.45, 2.75) is 17.3 Å². The summed E-state index contributed by atoms with van der Waals surface area (Å²) in [7, 11) is -5.41. The van der Waals surface area contributed by atoms with Crippen LogP contribution in [0.4, 0.5) is 39.5 Å².